The molecule has 2 aromatic rings. The number of ether oxygens (including phenoxy) is 3. The number of carbonyl (C=O) groups excluding carboxylic acids is 1. The number of nitrogens with zero attached hydrogens (tertiary/aromatic N) is 2. The summed E-state index contributed by atoms with van der Waals surface area (Å²) in [5.41, 5.74) is 3.35. The minimum Gasteiger partial charge on any atom is -0.493 e. The zero-order valence-electron chi connectivity index (χ0n) is 17.4. The molecule has 3 aliphatic rings. The van der Waals surface area contributed by atoms with Gasteiger partial charge in [-0.05, 0) is 33.1 Å². The van der Waals surface area contributed by atoms with Gasteiger partial charge in [0.05, 0.1) is 18.8 Å². The maximum Gasteiger partial charge on any atom is 0.238 e. The molecule has 0 atom stereocenters. The summed E-state index contributed by atoms with van der Waals surface area (Å²) in [6.07, 6.45) is 1.01. The highest BCUT2D eigenvalue weighted by Gasteiger charge is 2.21. The molecular formula is C23H26BrN3O4. The fourth-order valence-electron chi connectivity index (χ4n) is 4.25. The number of benzene rings is 2. The van der Waals surface area contributed by atoms with Crippen molar-refractivity contribution < 1.29 is 19.0 Å². The Hall–Kier alpha value is -2.29. The van der Waals surface area contributed by atoms with Crippen LogP contribution in [0.1, 0.15) is 11.1 Å². The van der Waals surface area contributed by atoms with Gasteiger partial charge in [-0.15, -0.1) is 0 Å². The molecule has 2 aromatic carbocycles. The standard InChI is InChI=1S/C23H26BrN3O4/c24-18-12-21-22(31-10-9-30-21)13-19(18)25-23(28)15-27-6-4-26(5-7-27)14-16-1-2-20-17(11-16)3-8-29-20/h1-2,11-13H,3-10,14-15H2,(H,25,28). The number of carbonyl (C=O) groups is 1. The van der Waals surface area contributed by atoms with E-state index in [1.54, 1.807) is 0 Å². The van der Waals surface area contributed by atoms with Crippen LogP contribution in [0.2, 0.25) is 0 Å². The molecule has 1 saturated heterocycles. The molecule has 1 fully saturated rings. The SMILES string of the molecule is O=C(CN1CCN(Cc2ccc3c(c2)CCO3)CC1)Nc1cc2c(cc1Br)OCCO2. The summed E-state index contributed by atoms with van der Waals surface area (Å²) in [4.78, 5) is 17.3. The predicted molar refractivity (Wildman–Crippen MR) is 121 cm³/mol. The van der Waals surface area contributed by atoms with Crippen LogP contribution in [-0.2, 0) is 17.8 Å². The van der Waals surface area contributed by atoms with Crippen molar-refractivity contribution in [3.8, 4) is 17.2 Å². The van der Waals surface area contributed by atoms with E-state index in [1.807, 2.05) is 12.1 Å². The van der Waals surface area contributed by atoms with Crippen LogP contribution in [0.15, 0.2) is 34.8 Å². The van der Waals surface area contributed by atoms with Crippen LogP contribution in [0.4, 0.5) is 5.69 Å². The first-order valence-corrected chi connectivity index (χ1v) is 11.5. The number of nitrogens with one attached hydrogen (secondary N) is 1. The third-order valence-electron chi connectivity index (χ3n) is 5.90. The van der Waals surface area contributed by atoms with Crippen molar-refractivity contribution in [2.45, 2.75) is 13.0 Å². The number of piperazine rings is 1. The lowest BCUT2D eigenvalue weighted by Gasteiger charge is -2.34. The van der Waals surface area contributed by atoms with Crippen molar-refractivity contribution >= 4 is 27.5 Å². The van der Waals surface area contributed by atoms with Gasteiger partial charge in [-0.25, -0.2) is 0 Å². The molecule has 0 unspecified atom stereocenters. The molecular weight excluding hydrogens is 462 g/mol. The molecule has 3 aliphatic heterocycles. The Kier molecular flexibility index (Phi) is 6.02. The highest BCUT2D eigenvalue weighted by Crippen LogP contribution is 2.38. The topological polar surface area (TPSA) is 63.3 Å². The minimum absolute atomic E-state index is 0.0237. The first kappa shape index (κ1) is 20.6. The second kappa shape index (κ2) is 9.06. The van der Waals surface area contributed by atoms with Gasteiger partial charge >= 0.3 is 0 Å². The first-order chi connectivity index (χ1) is 15.1. The molecule has 0 spiro atoms. The van der Waals surface area contributed by atoms with Gasteiger partial charge in [0, 0.05) is 55.8 Å². The van der Waals surface area contributed by atoms with E-state index in [0.29, 0.717) is 36.9 Å². The Labute approximate surface area is 190 Å². The van der Waals surface area contributed by atoms with Gasteiger partial charge in [0.1, 0.15) is 19.0 Å². The fourth-order valence-corrected chi connectivity index (χ4v) is 4.68. The summed E-state index contributed by atoms with van der Waals surface area (Å²) in [5, 5.41) is 2.99. The fraction of sp³-hybridized carbons (Fsp3) is 0.435. The molecule has 3 heterocycles. The smallest absolute Gasteiger partial charge is 0.238 e. The van der Waals surface area contributed by atoms with Crippen molar-refractivity contribution in [3.63, 3.8) is 0 Å². The molecule has 0 aliphatic carbocycles. The summed E-state index contributed by atoms with van der Waals surface area (Å²) in [5.74, 6) is 2.37. The Balaban J connectivity index is 1.11. The lowest BCUT2D eigenvalue weighted by Crippen LogP contribution is -2.48. The van der Waals surface area contributed by atoms with Gasteiger partial charge in [-0.3, -0.25) is 14.6 Å². The number of halogens is 1. The summed E-state index contributed by atoms with van der Waals surface area (Å²) < 4.78 is 17.6. The number of hydrogen-bond acceptors (Lipinski definition) is 6. The van der Waals surface area contributed by atoms with Crippen LogP contribution in [0.25, 0.3) is 0 Å². The minimum atomic E-state index is -0.0237. The average molecular weight is 488 g/mol. The van der Waals surface area contributed by atoms with Crippen LogP contribution in [0, 0.1) is 0 Å². The van der Waals surface area contributed by atoms with E-state index in [2.05, 4.69) is 49.2 Å². The molecule has 8 heteroatoms. The highest BCUT2D eigenvalue weighted by molar-refractivity contribution is 9.10. The monoisotopic (exact) mass is 487 g/mol. The van der Waals surface area contributed by atoms with Gasteiger partial charge in [0.25, 0.3) is 0 Å². The molecule has 0 bridgehead atoms. The molecule has 0 saturated carbocycles. The molecule has 5 rings (SSSR count). The van der Waals surface area contributed by atoms with E-state index in [9.17, 15) is 4.79 Å². The van der Waals surface area contributed by atoms with E-state index in [1.165, 1.54) is 11.1 Å². The summed E-state index contributed by atoms with van der Waals surface area (Å²) in [6, 6.07) is 10.2. The van der Waals surface area contributed by atoms with Crippen LogP contribution in [0.3, 0.4) is 0 Å². The third-order valence-corrected chi connectivity index (χ3v) is 6.55. The number of rotatable bonds is 5. The van der Waals surface area contributed by atoms with Gasteiger partial charge in [0.2, 0.25) is 5.91 Å². The molecule has 164 valence electrons. The lowest BCUT2D eigenvalue weighted by atomic mass is 10.1. The van der Waals surface area contributed by atoms with Crippen molar-refractivity contribution in [1.82, 2.24) is 9.80 Å². The Bertz CT molecular complexity index is 976. The van der Waals surface area contributed by atoms with E-state index in [0.717, 1.165) is 56.0 Å². The molecule has 1 N–H and O–H groups in total. The maximum atomic E-state index is 12.6. The summed E-state index contributed by atoms with van der Waals surface area (Å²) in [7, 11) is 0. The first-order valence-electron chi connectivity index (χ1n) is 10.7. The Morgan fingerprint density at radius 2 is 1.61 bits per heavy atom. The quantitative estimate of drug-likeness (QED) is 0.699. The summed E-state index contributed by atoms with van der Waals surface area (Å²) in [6.45, 7) is 6.84. The number of fused-ring (bicyclic) bond motifs is 2. The second-order valence-electron chi connectivity index (χ2n) is 8.12. The van der Waals surface area contributed by atoms with Crippen molar-refractivity contribution in [3.05, 3.63) is 45.9 Å². The normalized spacial score (nSPS) is 18.4. The lowest BCUT2D eigenvalue weighted by molar-refractivity contribution is -0.117. The Morgan fingerprint density at radius 1 is 0.903 bits per heavy atom. The van der Waals surface area contributed by atoms with E-state index < -0.39 is 0 Å². The molecule has 31 heavy (non-hydrogen) atoms. The highest BCUT2D eigenvalue weighted by atomic mass is 79.9. The van der Waals surface area contributed by atoms with Gasteiger partial charge < -0.3 is 19.5 Å². The second-order valence-corrected chi connectivity index (χ2v) is 8.97. The third kappa shape index (κ3) is 4.81. The molecule has 1 amide bonds. The average Bonchev–Trinajstić information content (AvgIpc) is 3.23. The van der Waals surface area contributed by atoms with Crippen LogP contribution >= 0.6 is 15.9 Å². The van der Waals surface area contributed by atoms with Crippen molar-refractivity contribution in [2.75, 3.05) is 57.9 Å². The maximum absolute atomic E-state index is 12.6. The number of amides is 1. The van der Waals surface area contributed by atoms with Crippen molar-refractivity contribution in [1.29, 1.82) is 0 Å². The zero-order chi connectivity index (χ0) is 21.2. The van der Waals surface area contributed by atoms with E-state index in [4.69, 9.17) is 14.2 Å². The zero-order valence-corrected chi connectivity index (χ0v) is 18.9. The number of hydrogen-bond donors (Lipinski definition) is 1. The molecule has 0 radical (unpaired) electrons. The van der Waals surface area contributed by atoms with Gasteiger partial charge in [0.15, 0.2) is 11.5 Å². The van der Waals surface area contributed by atoms with Gasteiger partial charge in [-0.1, -0.05) is 12.1 Å². The van der Waals surface area contributed by atoms with Crippen LogP contribution in [-0.4, -0.2) is 68.3 Å². The molecule has 0 aromatic heterocycles. The predicted octanol–water partition coefficient (Wildman–Crippen LogP) is 2.91. The van der Waals surface area contributed by atoms with E-state index >= 15 is 0 Å². The summed E-state index contributed by atoms with van der Waals surface area (Å²) >= 11 is 3.51. The largest absolute Gasteiger partial charge is 0.493 e. The van der Waals surface area contributed by atoms with Gasteiger partial charge in [-0.2, -0.15) is 0 Å². The van der Waals surface area contributed by atoms with Crippen LogP contribution < -0.4 is 19.5 Å². The van der Waals surface area contributed by atoms with Crippen LogP contribution in [0.5, 0.6) is 17.2 Å². The Morgan fingerprint density at radius 3 is 2.42 bits per heavy atom. The number of anilines is 1. The molecule has 7 nitrogen and oxygen atoms in total. The van der Waals surface area contributed by atoms with E-state index in [-0.39, 0.29) is 5.91 Å². The van der Waals surface area contributed by atoms with Crippen molar-refractivity contribution in [2.24, 2.45) is 0 Å².